The lowest BCUT2D eigenvalue weighted by molar-refractivity contribution is 0.637. The smallest absolute Gasteiger partial charge is 0.149 e. The zero-order valence-corrected chi connectivity index (χ0v) is 7.35. The fourth-order valence-electron chi connectivity index (χ4n) is 1.17. The Kier molecular flexibility index (Phi) is 1.81. The molecule has 2 aromatic rings. The minimum absolute atomic E-state index is 0.252. The van der Waals surface area contributed by atoms with Crippen molar-refractivity contribution in [3.8, 4) is 0 Å². The molecule has 4 heteroatoms. The summed E-state index contributed by atoms with van der Waals surface area (Å²) in [5.74, 6) is -0.389. The third-order valence-corrected chi connectivity index (χ3v) is 2.10. The number of nitrogen functional groups attached to an aromatic ring is 1. The van der Waals surface area contributed by atoms with E-state index in [0.717, 1.165) is 0 Å². The number of nitrogens with zero attached hydrogens (tertiary/aromatic N) is 1. The normalized spacial score (nSPS) is 10.6. The van der Waals surface area contributed by atoms with Gasteiger partial charge in [0.05, 0.1) is 16.9 Å². The third-order valence-electron chi connectivity index (χ3n) is 1.77. The Labute approximate surface area is 79.1 Å². The predicted octanol–water partition coefficient (Wildman–Crippen LogP) is 2.61. The van der Waals surface area contributed by atoms with Crippen LogP contribution in [-0.4, -0.2) is 4.98 Å². The van der Waals surface area contributed by atoms with Crippen LogP contribution in [0, 0.1) is 5.82 Å². The quantitative estimate of drug-likeness (QED) is 0.704. The number of hydrogen-bond donors (Lipinski definition) is 1. The Bertz CT molecular complexity index is 470. The van der Waals surface area contributed by atoms with Crippen LogP contribution in [0.15, 0.2) is 24.4 Å². The van der Waals surface area contributed by atoms with Crippen LogP contribution < -0.4 is 5.73 Å². The van der Waals surface area contributed by atoms with E-state index in [1.807, 2.05) is 0 Å². The highest BCUT2D eigenvalue weighted by molar-refractivity contribution is 6.35. The van der Waals surface area contributed by atoms with E-state index in [-0.39, 0.29) is 11.3 Å². The van der Waals surface area contributed by atoms with Gasteiger partial charge < -0.3 is 5.73 Å². The molecule has 1 aromatic carbocycles. The Morgan fingerprint density at radius 3 is 2.92 bits per heavy atom. The fraction of sp³-hybridized carbons (Fsp3) is 0. The molecule has 0 fully saturated rings. The minimum atomic E-state index is -0.389. The molecule has 1 heterocycles. The predicted molar refractivity (Wildman–Crippen MR) is 51.1 cm³/mol. The Hall–Kier alpha value is -1.35. The van der Waals surface area contributed by atoms with E-state index in [1.54, 1.807) is 6.07 Å². The van der Waals surface area contributed by atoms with Gasteiger partial charge in [-0.1, -0.05) is 11.6 Å². The molecule has 1 aromatic heterocycles. The van der Waals surface area contributed by atoms with Crippen molar-refractivity contribution in [3.63, 3.8) is 0 Å². The molecule has 0 radical (unpaired) electrons. The van der Waals surface area contributed by atoms with Crippen LogP contribution in [0.5, 0.6) is 0 Å². The number of nitrogens with two attached hydrogens (primary N) is 1. The number of aromatic nitrogens is 1. The van der Waals surface area contributed by atoms with Crippen LogP contribution in [0.1, 0.15) is 0 Å². The standard InChI is InChI=1S/C9H6ClFN2/c10-7-1-2-8(11)9-6(7)3-5(12)4-13-9/h1-4H,12H2. The molecule has 0 atom stereocenters. The van der Waals surface area contributed by atoms with Gasteiger partial charge in [0.25, 0.3) is 0 Å². The molecule has 2 nitrogen and oxygen atoms in total. The lowest BCUT2D eigenvalue weighted by atomic mass is 10.2. The number of benzene rings is 1. The molecule has 0 bridgehead atoms. The summed E-state index contributed by atoms with van der Waals surface area (Å²) in [6.07, 6.45) is 1.40. The molecule has 0 unspecified atom stereocenters. The molecule has 13 heavy (non-hydrogen) atoms. The maximum absolute atomic E-state index is 13.1. The van der Waals surface area contributed by atoms with Crippen molar-refractivity contribution in [1.82, 2.24) is 4.98 Å². The monoisotopic (exact) mass is 196 g/mol. The Morgan fingerprint density at radius 2 is 2.15 bits per heavy atom. The van der Waals surface area contributed by atoms with Gasteiger partial charge >= 0.3 is 0 Å². The van der Waals surface area contributed by atoms with Crippen LogP contribution in [0.2, 0.25) is 5.02 Å². The summed E-state index contributed by atoms with van der Waals surface area (Å²) in [6.45, 7) is 0. The van der Waals surface area contributed by atoms with E-state index < -0.39 is 0 Å². The van der Waals surface area contributed by atoms with Gasteiger partial charge in [-0.25, -0.2) is 4.39 Å². The second-order valence-electron chi connectivity index (χ2n) is 2.69. The van der Waals surface area contributed by atoms with Crippen molar-refractivity contribution >= 4 is 28.2 Å². The van der Waals surface area contributed by atoms with E-state index in [4.69, 9.17) is 17.3 Å². The maximum Gasteiger partial charge on any atom is 0.149 e. The van der Waals surface area contributed by atoms with Crippen LogP contribution in [0.4, 0.5) is 10.1 Å². The first-order valence-electron chi connectivity index (χ1n) is 3.68. The number of hydrogen-bond acceptors (Lipinski definition) is 2. The summed E-state index contributed by atoms with van der Waals surface area (Å²) in [4.78, 5) is 3.86. The number of pyridine rings is 1. The van der Waals surface area contributed by atoms with Crippen LogP contribution in [0.3, 0.4) is 0 Å². The summed E-state index contributed by atoms with van der Waals surface area (Å²) < 4.78 is 13.1. The number of halogens is 2. The lowest BCUT2D eigenvalue weighted by Crippen LogP contribution is -1.89. The van der Waals surface area contributed by atoms with E-state index in [0.29, 0.717) is 16.1 Å². The van der Waals surface area contributed by atoms with E-state index in [9.17, 15) is 4.39 Å². The molecule has 0 aliphatic carbocycles. The molecular weight excluding hydrogens is 191 g/mol. The van der Waals surface area contributed by atoms with Crippen molar-refractivity contribution in [2.75, 3.05) is 5.73 Å². The molecule has 2 rings (SSSR count). The highest BCUT2D eigenvalue weighted by atomic mass is 35.5. The molecular formula is C9H6ClFN2. The van der Waals surface area contributed by atoms with Gasteiger partial charge in [-0.2, -0.15) is 0 Å². The van der Waals surface area contributed by atoms with E-state index >= 15 is 0 Å². The molecule has 2 N–H and O–H groups in total. The Morgan fingerprint density at radius 1 is 1.38 bits per heavy atom. The largest absolute Gasteiger partial charge is 0.397 e. The average molecular weight is 197 g/mol. The van der Waals surface area contributed by atoms with Gasteiger partial charge in [0.15, 0.2) is 0 Å². The highest BCUT2D eigenvalue weighted by Crippen LogP contribution is 2.25. The molecule has 0 aliphatic rings. The Balaban J connectivity index is 2.92. The second kappa shape index (κ2) is 2.85. The van der Waals surface area contributed by atoms with Gasteiger partial charge in [0, 0.05) is 5.39 Å². The van der Waals surface area contributed by atoms with Crippen LogP contribution >= 0.6 is 11.6 Å². The van der Waals surface area contributed by atoms with Gasteiger partial charge in [-0.3, -0.25) is 4.98 Å². The summed E-state index contributed by atoms with van der Waals surface area (Å²) >= 11 is 5.84. The minimum Gasteiger partial charge on any atom is -0.397 e. The molecule has 0 saturated heterocycles. The number of fused-ring (bicyclic) bond motifs is 1. The molecule has 66 valence electrons. The average Bonchev–Trinajstić information content (AvgIpc) is 2.12. The van der Waals surface area contributed by atoms with Crippen molar-refractivity contribution in [2.45, 2.75) is 0 Å². The number of anilines is 1. The van der Waals surface area contributed by atoms with Crippen LogP contribution in [-0.2, 0) is 0 Å². The molecule has 0 spiro atoms. The van der Waals surface area contributed by atoms with Crippen molar-refractivity contribution in [1.29, 1.82) is 0 Å². The van der Waals surface area contributed by atoms with E-state index in [2.05, 4.69) is 4.98 Å². The maximum atomic E-state index is 13.1. The zero-order valence-electron chi connectivity index (χ0n) is 6.59. The summed E-state index contributed by atoms with van der Waals surface area (Å²) in [5, 5.41) is 0.998. The molecule has 0 saturated carbocycles. The van der Waals surface area contributed by atoms with Crippen molar-refractivity contribution < 1.29 is 4.39 Å². The first-order chi connectivity index (χ1) is 6.18. The summed E-state index contributed by atoms with van der Waals surface area (Å²) in [5.41, 5.74) is 6.22. The molecule has 0 amide bonds. The van der Waals surface area contributed by atoms with Crippen LogP contribution in [0.25, 0.3) is 10.9 Å². The summed E-state index contributed by atoms with van der Waals surface area (Å²) in [6, 6.07) is 4.38. The van der Waals surface area contributed by atoms with Gasteiger partial charge in [-0.05, 0) is 18.2 Å². The van der Waals surface area contributed by atoms with Crippen molar-refractivity contribution in [2.24, 2.45) is 0 Å². The first kappa shape index (κ1) is 8.26. The van der Waals surface area contributed by atoms with Gasteiger partial charge in [0.1, 0.15) is 11.3 Å². The van der Waals surface area contributed by atoms with Gasteiger partial charge in [-0.15, -0.1) is 0 Å². The second-order valence-corrected chi connectivity index (χ2v) is 3.10. The highest BCUT2D eigenvalue weighted by Gasteiger charge is 2.05. The lowest BCUT2D eigenvalue weighted by Gasteiger charge is -2.01. The first-order valence-corrected chi connectivity index (χ1v) is 4.05. The topological polar surface area (TPSA) is 38.9 Å². The van der Waals surface area contributed by atoms with Crippen molar-refractivity contribution in [3.05, 3.63) is 35.2 Å². The SMILES string of the molecule is Nc1cnc2c(F)ccc(Cl)c2c1. The van der Waals surface area contributed by atoms with E-state index in [1.165, 1.54) is 18.3 Å². The number of rotatable bonds is 0. The third kappa shape index (κ3) is 1.31. The van der Waals surface area contributed by atoms with Gasteiger partial charge in [0.2, 0.25) is 0 Å². The fourth-order valence-corrected chi connectivity index (χ4v) is 1.38. The summed E-state index contributed by atoms with van der Waals surface area (Å²) in [7, 11) is 0. The molecule has 0 aliphatic heterocycles. The zero-order chi connectivity index (χ0) is 9.42.